The van der Waals surface area contributed by atoms with Crippen LogP contribution in [0.15, 0.2) is 24.3 Å². The first kappa shape index (κ1) is 34.1. The van der Waals surface area contributed by atoms with Crippen LogP contribution in [0, 0.1) is 0 Å². The SMILES string of the molecule is CCN(CC)CC(=O)Nc1cccc(NC(=O)CN(CC)CC)c1.O=C(O)C(=O)O.O=C(O)C(=O)O. The number of carbonyl (C=O) groups is 6. The van der Waals surface area contributed by atoms with Crippen LogP contribution in [-0.2, 0) is 28.8 Å². The number of nitrogens with one attached hydrogen (secondary N) is 2. The van der Waals surface area contributed by atoms with E-state index in [0.29, 0.717) is 24.5 Å². The molecule has 14 nitrogen and oxygen atoms in total. The van der Waals surface area contributed by atoms with Crippen LogP contribution in [0.5, 0.6) is 0 Å². The second kappa shape index (κ2) is 19.3. The monoisotopic (exact) mass is 514 g/mol. The van der Waals surface area contributed by atoms with E-state index in [1.165, 1.54) is 0 Å². The Bertz CT molecular complexity index is 792. The average molecular weight is 515 g/mol. The van der Waals surface area contributed by atoms with Crippen molar-refractivity contribution in [3.63, 3.8) is 0 Å². The fourth-order valence-electron chi connectivity index (χ4n) is 2.38. The number of hydrogen-bond acceptors (Lipinski definition) is 8. The van der Waals surface area contributed by atoms with E-state index in [0.717, 1.165) is 26.2 Å². The van der Waals surface area contributed by atoms with Gasteiger partial charge in [-0.2, -0.15) is 0 Å². The number of likely N-dealkylation sites (N-methyl/N-ethyl adjacent to an activating group) is 2. The molecule has 0 spiro atoms. The van der Waals surface area contributed by atoms with Crippen LogP contribution >= 0.6 is 0 Å². The highest BCUT2D eigenvalue weighted by Gasteiger charge is 2.10. The maximum absolute atomic E-state index is 12.1. The van der Waals surface area contributed by atoms with Gasteiger partial charge in [0.25, 0.3) is 0 Å². The van der Waals surface area contributed by atoms with E-state index >= 15 is 0 Å². The number of amides is 2. The summed E-state index contributed by atoms with van der Waals surface area (Å²) in [6.07, 6.45) is 0. The number of benzene rings is 1. The van der Waals surface area contributed by atoms with Crippen molar-refractivity contribution in [2.24, 2.45) is 0 Å². The van der Waals surface area contributed by atoms with Gasteiger partial charge in [-0.1, -0.05) is 33.8 Å². The highest BCUT2D eigenvalue weighted by atomic mass is 16.4. The van der Waals surface area contributed by atoms with Gasteiger partial charge in [-0.3, -0.25) is 19.4 Å². The Morgan fingerprint density at radius 1 is 0.611 bits per heavy atom. The van der Waals surface area contributed by atoms with E-state index in [4.69, 9.17) is 39.6 Å². The maximum Gasteiger partial charge on any atom is 0.414 e. The zero-order valence-electron chi connectivity index (χ0n) is 20.7. The Hall–Kier alpha value is -4.04. The predicted octanol–water partition coefficient (Wildman–Crippen LogP) is 0.558. The molecule has 0 aliphatic rings. The van der Waals surface area contributed by atoms with Crippen molar-refractivity contribution in [1.29, 1.82) is 0 Å². The zero-order chi connectivity index (χ0) is 28.3. The molecule has 1 rings (SSSR count). The van der Waals surface area contributed by atoms with Gasteiger partial charge in [-0.15, -0.1) is 0 Å². The molecule has 0 radical (unpaired) electrons. The second-order valence-corrected chi connectivity index (χ2v) is 6.82. The topological polar surface area (TPSA) is 214 Å². The number of aliphatic carboxylic acids is 4. The molecule has 1 aromatic rings. The molecule has 0 heterocycles. The van der Waals surface area contributed by atoms with Crippen LogP contribution in [0.4, 0.5) is 11.4 Å². The zero-order valence-corrected chi connectivity index (χ0v) is 20.7. The Kier molecular flexibility index (Phi) is 18.3. The van der Waals surface area contributed by atoms with Gasteiger partial charge in [0.1, 0.15) is 0 Å². The number of carboxylic acid groups (broad SMARTS) is 4. The number of rotatable bonds is 10. The first-order valence-corrected chi connectivity index (χ1v) is 10.9. The molecule has 6 N–H and O–H groups in total. The molecule has 0 unspecified atom stereocenters. The Morgan fingerprint density at radius 2 is 0.889 bits per heavy atom. The minimum Gasteiger partial charge on any atom is -0.473 e. The van der Waals surface area contributed by atoms with E-state index in [2.05, 4.69) is 10.6 Å². The molecule has 14 heteroatoms. The highest BCUT2D eigenvalue weighted by Crippen LogP contribution is 2.15. The summed E-state index contributed by atoms with van der Waals surface area (Å²) in [6.45, 7) is 12.2. The van der Waals surface area contributed by atoms with Crippen LogP contribution in [0.3, 0.4) is 0 Å². The average Bonchev–Trinajstić information content (AvgIpc) is 2.81. The Balaban J connectivity index is 0. The lowest BCUT2D eigenvalue weighted by molar-refractivity contribution is -0.159. The van der Waals surface area contributed by atoms with Crippen LogP contribution < -0.4 is 10.6 Å². The lowest BCUT2D eigenvalue weighted by Gasteiger charge is -2.18. The molecule has 0 bridgehead atoms. The van der Waals surface area contributed by atoms with Crippen molar-refractivity contribution < 1.29 is 49.2 Å². The summed E-state index contributed by atoms with van der Waals surface area (Å²) in [7, 11) is 0. The number of anilines is 2. The molecule has 202 valence electrons. The Labute approximate surface area is 208 Å². The third-order valence-electron chi connectivity index (χ3n) is 4.32. The van der Waals surface area contributed by atoms with Gasteiger partial charge >= 0.3 is 23.9 Å². The normalized spacial score (nSPS) is 9.72. The molecule has 2 amide bonds. The van der Waals surface area contributed by atoms with Gasteiger partial charge in [0.2, 0.25) is 11.8 Å². The third kappa shape index (κ3) is 17.4. The first-order chi connectivity index (χ1) is 16.8. The molecular formula is C22H34N4O10. The van der Waals surface area contributed by atoms with Crippen LogP contribution in [0.1, 0.15) is 27.7 Å². The van der Waals surface area contributed by atoms with Crippen molar-refractivity contribution in [3.8, 4) is 0 Å². The summed E-state index contributed by atoms with van der Waals surface area (Å²) < 4.78 is 0. The largest absolute Gasteiger partial charge is 0.473 e. The molecule has 0 aliphatic heterocycles. The summed E-state index contributed by atoms with van der Waals surface area (Å²) in [4.78, 5) is 64.6. The van der Waals surface area contributed by atoms with Crippen molar-refractivity contribution in [1.82, 2.24) is 9.80 Å². The van der Waals surface area contributed by atoms with E-state index in [1.54, 1.807) is 6.07 Å². The lowest BCUT2D eigenvalue weighted by atomic mass is 10.2. The molecule has 1 aromatic carbocycles. The fraction of sp³-hybridized carbons (Fsp3) is 0.455. The van der Waals surface area contributed by atoms with E-state index in [1.807, 2.05) is 55.7 Å². The Morgan fingerprint density at radius 3 is 1.11 bits per heavy atom. The minimum absolute atomic E-state index is 0.0506. The molecule has 0 atom stereocenters. The van der Waals surface area contributed by atoms with Crippen molar-refractivity contribution in [2.75, 3.05) is 49.9 Å². The first-order valence-electron chi connectivity index (χ1n) is 10.9. The van der Waals surface area contributed by atoms with Crippen molar-refractivity contribution >= 4 is 47.1 Å². The number of hydrogen-bond donors (Lipinski definition) is 6. The quantitative estimate of drug-likeness (QED) is 0.236. The van der Waals surface area contributed by atoms with Crippen LogP contribution in [0.2, 0.25) is 0 Å². The van der Waals surface area contributed by atoms with Gasteiger partial charge in [-0.25, -0.2) is 19.2 Å². The molecule has 0 aliphatic carbocycles. The summed E-state index contributed by atoms with van der Waals surface area (Å²) in [6, 6.07) is 7.24. The minimum atomic E-state index is -1.82. The van der Waals surface area contributed by atoms with Crippen LogP contribution in [-0.4, -0.2) is 105 Å². The lowest BCUT2D eigenvalue weighted by Crippen LogP contribution is -2.33. The number of nitrogens with zero attached hydrogens (tertiary/aromatic N) is 2. The van der Waals surface area contributed by atoms with Crippen molar-refractivity contribution in [3.05, 3.63) is 24.3 Å². The molecule has 0 saturated heterocycles. The molecule has 36 heavy (non-hydrogen) atoms. The molecular weight excluding hydrogens is 480 g/mol. The van der Waals surface area contributed by atoms with E-state index in [-0.39, 0.29) is 11.8 Å². The highest BCUT2D eigenvalue weighted by molar-refractivity contribution is 6.27. The van der Waals surface area contributed by atoms with Gasteiger partial charge in [0, 0.05) is 11.4 Å². The second-order valence-electron chi connectivity index (χ2n) is 6.82. The maximum atomic E-state index is 12.1. The van der Waals surface area contributed by atoms with Gasteiger partial charge < -0.3 is 31.1 Å². The summed E-state index contributed by atoms with van der Waals surface area (Å²) in [5.74, 6) is -7.40. The van der Waals surface area contributed by atoms with E-state index in [9.17, 15) is 9.59 Å². The van der Waals surface area contributed by atoms with Gasteiger partial charge in [0.05, 0.1) is 13.1 Å². The van der Waals surface area contributed by atoms with Gasteiger partial charge in [-0.05, 0) is 44.4 Å². The standard InChI is InChI=1S/C18H30N4O2.2C2H2O4/c1-5-21(6-2)13-17(23)19-15-10-9-11-16(12-15)20-18(24)14-22(7-3)8-4;2*3-1(4)2(5)6/h9-12H,5-8,13-14H2,1-4H3,(H,19,23)(H,20,24);2*(H,3,4)(H,5,6). The molecule has 0 fully saturated rings. The molecule has 0 saturated carbocycles. The summed E-state index contributed by atoms with van der Waals surface area (Å²) in [5, 5.41) is 35.3. The van der Waals surface area contributed by atoms with Crippen molar-refractivity contribution in [2.45, 2.75) is 27.7 Å². The van der Waals surface area contributed by atoms with Crippen LogP contribution in [0.25, 0.3) is 0 Å². The van der Waals surface area contributed by atoms with Gasteiger partial charge in [0.15, 0.2) is 0 Å². The number of carboxylic acids is 4. The smallest absolute Gasteiger partial charge is 0.414 e. The third-order valence-corrected chi connectivity index (χ3v) is 4.32. The summed E-state index contributed by atoms with van der Waals surface area (Å²) >= 11 is 0. The summed E-state index contributed by atoms with van der Waals surface area (Å²) in [5.41, 5.74) is 1.38. The fourth-order valence-corrected chi connectivity index (χ4v) is 2.38. The van der Waals surface area contributed by atoms with E-state index < -0.39 is 23.9 Å². The molecule has 0 aromatic heterocycles. The number of carbonyl (C=O) groups excluding carboxylic acids is 2. The predicted molar refractivity (Wildman–Crippen MR) is 130 cm³/mol.